The van der Waals surface area contributed by atoms with Crippen LogP contribution in [0.4, 0.5) is 0 Å². The van der Waals surface area contributed by atoms with Crippen LogP contribution in [-0.4, -0.2) is 16.1 Å². The number of carboxylic acid groups (broad SMARTS) is 1. The number of hydrogen-bond acceptors (Lipinski definition) is 3. The van der Waals surface area contributed by atoms with Gasteiger partial charge >= 0.3 is 5.97 Å². The monoisotopic (exact) mass is 273 g/mol. The van der Waals surface area contributed by atoms with E-state index in [2.05, 4.69) is 31.0 Å². The number of rotatable bonds is 3. The summed E-state index contributed by atoms with van der Waals surface area (Å²) < 4.78 is 0. The second-order valence-electron chi connectivity index (χ2n) is 4.49. The molecule has 1 N–H and O–H groups in total. The van der Waals surface area contributed by atoms with Crippen LogP contribution in [0.1, 0.15) is 27.2 Å². The van der Waals surface area contributed by atoms with Gasteiger partial charge in [-0.2, -0.15) is 0 Å². The lowest BCUT2D eigenvalue weighted by atomic mass is 10.1. The summed E-state index contributed by atoms with van der Waals surface area (Å²) in [5.74, 6) is -0.924. The first-order valence-electron chi connectivity index (χ1n) is 5.93. The Labute approximate surface area is 116 Å². The highest BCUT2D eigenvalue weighted by Crippen LogP contribution is 2.28. The van der Waals surface area contributed by atoms with Crippen molar-refractivity contribution >= 4 is 17.7 Å². The van der Waals surface area contributed by atoms with Gasteiger partial charge in [-0.25, -0.2) is 9.78 Å². The Morgan fingerprint density at radius 1 is 1.11 bits per heavy atom. The van der Waals surface area contributed by atoms with Gasteiger partial charge in [-0.05, 0) is 56.2 Å². The summed E-state index contributed by atoms with van der Waals surface area (Å²) in [6.45, 7) is 5.93. The number of pyridine rings is 1. The van der Waals surface area contributed by atoms with Crippen molar-refractivity contribution < 1.29 is 9.90 Å². The summed E-state index contributed by atoms with van der Waals surface area (Å²) in [5.41, 5.74) is 3.45. The van der Waals surface area contributed by atoms with Gasteiger partial charge < -0.3 is 5.11 Å². The zero-order valence-electron chi connectivity index (χ0n) is 11.1. The van der Waals surface area contributed by atoms with Crippen LogP contribution < -0.4 is 0 Å². The second kappa shape index (κ2) is 5.45. The number of carboxylic acids is 1. The first kappa shape index (κ1) is 13.6. The van der Waals surface area contributed by atoms with Crippen molar-refractivity contribution in [2.45, 2.75) is 30.7 Å². The molecule has 0 radical (unpaired) electrons. The van der Waals surface area contributed by atoms with Gasteiger partial charge in [0.15, 0.2) is 0 Å². The second-order valence-corrected chi connectivity index (χ2v) is 5.58. The Balaban J connectivity index is 2.32. The maximum Gasteiger partial charge on any atom is 0.335 e. The summed E-state index contributed by atoms with van der Waals surface area (Å²) in [6.07, 6.45) is 0. The lowest BCUT2D eigenvalue weighted by molar-refractivity contribution is 0.0696. The molecule has 0 unspecified atom stereocenters. The normalized spacial score (nSPS) is 10.5. The number of aromatic nitrogens is 1. The summed E-state index contributed by atoms with van der Waals surface area (Å²) in [7, 11) is 0. The van der Waals surface area contributed by atoms with Gasteiger partial charge in [-0.1, -0.05) is 17.8 Å². The molecule has 1 aromatic heterocycles. The van der Waals surface area contributed by atoms with Crippen LogP contribution >= 0.6 is 11.8 Å². The van der Waals surface area contributed by atoms with Crippen molar-refractivity contribution in [1.82, 2.24) is 4.98 Å². The molecule has 4 heteroatoms. The minimum absolute atomic E-state index is 0.277. The van der Waals surface area contributed by atoms with E-state index in [1.54, 1.807) is 19.1 Å². The molecule has 3 nitrogen and oxygen atoms in total. The van der Waals surface area contributed by atoms with Crippen molar-refractivity contribution in [2.24, 2.45) is 0 Å². The average Bonchev–Trinajstić information content (AvgIpc) is 2.33. The molecule has 1 heterocycles. The van der Waals surface area contributed by atoms with Crippen LogP contribution in [0.25, 0.3) is 0 Å². The van der Waals surface area contributed by atoms with Crippen molar-refractivity contribution in [3.8, 4) is 0 Å². The summed E-state index contributed by atoms with van der Waals surface area (Å²) in [6, 6.07) is 9.36. The van der Waals surface area contributed by atoms with Gasteiger partial charge in [0.25, 0.3) is 0 Å². The van der Waals surface area contributed by atoms with Crippen molar-refractivity contribution in [3.05, 3.63) is 52.7 Å². The van der Waals surface area contributed by atoms with E-state index < -0.39 is 5.97 Å². The molecular formula is C15H15NO2S. The van der Waals surface area contributed by atoms with E-state index in [1.165, 1.54) is 22.9 Å². The molecule has 2 rings (SSSR count). The topological polar surface area (TPSA) is 50.2 Å². The molecule has 0 saturated heterocycles. The predicted molar refractivity (Wildman–Crippen MR) is 76.0 cm³/mol. The van der Waals surface area contributed by atoms with Gasteiger partial charge in [-0.3, -0.25) is 0 Å². The highest BCUT2D eigenvalue weighted by atomic mass is 32.2. The minimum atomic E-state index is -0.924. The maximum atomic E-state index is 11.0. The molecule has 0 atom stereocenters. The molecule has 0 bridgehead atoms. The van der Waals surface area contributed by atoms with Crippen LogP contribution in [0.2, 0.25) is 0 Å². The first-order valence-corrected chi connectivity index (χ1v) is 6.74. The van der Waals surface area contributed by atoms with E-state index in [-0.39, 0.29) is 5.56 Å². The third-order valence-electron chi connectivity index (χ3n) is 2.88. The standard InChI is InChI=1S/C15H15NO2S/c1-9-4-5-13(6-10(9)2)19-14-8-12(15(17)18)7-11(3)16-14/h4-8H,1-3H3,(H,17,18). The summed E-state index contributed by atoms with van der Waals surface area (Å²) in [4.78, 5) is 16.4. The van der Waals surface area contributed by atoms with Crippen LogP contribution in [0.15, 0.2) is 40.3 Å². The number of benzene rings is 1. The van der Waals surface area contributed by atoms with E-state index in [4.69, 9.17) is 5.11 Å². The molecule has 0 aliphatic carbocycles. The Morgan fingerprint density at radius 2 is 1.84 bits per heavy atom. The predicted octanol–water partition coefficient (Wildman–Crippen LogP) is 3.86. The number of aryl methyl sites for hydroxylation is 3. The molecule has 0 aliphatic rings. The van der Waals surface area contributed by atoms with E-state index >= 15 is 0 Å². The third kappa shape index (κ3) is 3.35. The Hall–Kier alpha value is -1.81. The minimum Gasteiger partial charge on any atom is -0.478 e. The molecule has 0 aliphatic heterocycles. The van der Waals surface area contributed by atoms with Crippen LogP contribution in [0.3, 0.4) is 0 Å². The lowest BCUT2D eigenvalue weighted by Gasteiger charge is -2.06. The van der Waals surface area contributed by atoms with Gasteiger partial charge in [0.2, 0.25) is 0 Å². The number of hydrogen-bond donors (Lipinski definition) is 1. The van der Waals surface area contributed by atoms with Crippen LogP contribution in [0.5, 0.6) is 0 Å². The first-order chi connectivity index (χ1) is 8.95. The maximum absolute atomic E-state index is 11.0. The molecule has 0 saturated carbocycles. The smallest absolute Gasteiger partial charge is 0.335 e. The Bertz CT molecular complexity index is 638. The van der Waals surface area contributed by atoms with Gasteiger partial charge in [0, 0.05) is 10.6 Å². The zero-order valence-corrected chi connectivity index (χ0v) is 11.9. The molecule has 1 aromatic carbocycles. The number of carbonyl (C=O) groups is 1. The highest BCUT2D eigenvalue weighted by Gasteiger charge is 2.08. The molecule has 0 spiro atoms. The van der Waals surface area contributed by atoms with E-state index in [0.717, 1.165) is 4.90 Å². The molecule has 19 heavy (non-hydrogen) atoms. The number of nitrogens with zero attached hydrogens (tertiary/aromatic N) is 1. The summed E-state index contributed by atoms with van der Waals surface area (Å²) >= 11 is 1.48. The molecule has 0 fully saturated rings. The van der Waals surface area contributed by atoms with E-state index in [0.29, 0.717) is 10.7 Å². The lowest BCUT2D eigenvalue weighted by Crippen LogP contribution is -1.99. The van der Waals surface area contributed by atoms with Gasteiger partial charge in [0.05, 0.1) is 5.56 Å². The average molecular weight is 273 g/mol. The Morgan fingerprint density at radius 3 is 2.47 bits per heavy atom. The van der Waals surface area contributed by atoms with Crippen molar-refractivity contribution in [1.29, 1.82) is 0 Å². The fourth-order valence-electron chi connectivity index (χ4n) is 1.71. The molecule has 98 valence electrons. The van der Waals surface area contributed by atoms with Crippen LogP contribution in [-0.2, 0) is 0 Å². The summed E-state index contributed by atoms with van der Waals surface area (Å²) in [5, 5.41) is 9.75. The van der Waals surface area contributed by atoms with Gasteiger partial charge in [-0.15, -0.1) is 0 Å². The van der Waals surface area contributed by atoms with Crippen molar-refractivity contribution in [3.63, 3.8) is 0 Å². The van der Waals surface area contributed by atoms with Crippen LogP contribution in [0, 0.1) is 20.8 Å². The molecule has 2 aromatic rings. The Kier molecular flexibility index (Phi) is 3.90. The molecule has 0 amide bonds. The SMILES string of the molecule is Cc1cc(C(=O)O)cc(Sc2ccc(C)c(C)c2)n1. The quantitative estimate of drug-likeness (QED) is 0.922. The highest BCUT2D eigenvalue weighted by molar-refractivity contribution is 7.99. The fourth-order valence-corrected chi connectivity index (χ4v) is 2.70. The van der Waals surface area contributed by atoms with E-state index in [9.17, 15) is 4.79 Å². The third-order valence-corrected chi connectivity index (χ3v) is 3.79. The van der Waals surface area contributed by atoms with Gasteiger partial charge in [0.1, 0.15) is 5.03 Å². The zero-order chi connectivity index (χ0) is 14.0. The largest absolute Gasteiger partial charge is 0.478 e. The van der Waals surface area contributed by atoms with E-state index in [1.807, 2.05) is 6.07 Å². The fraction of sp³-hybridized carbons (Fsp3) is 0.200. The molecular weight excluding hydrogens is 258 g/mol. The van der Waals surface area contributed by atoms with Crippen molar-refractivity contribution in [2.75, 3.05) is 0 Å². The number of aromatic carboxylic acids is 1.